The Kier molecular flexibility index (Phi) is 5.35. The minimum absolute atomic E-state index is 0.0447. The molecule has 1 saturated heterocycles. The second-order valence-corrected chi connectivity index (χ2v) is 5.97. The van der Waals surface area contributed by atoms with E-state index < -0.39 is 10.7 Å². The van der Waals surface area contributed by atoms with Crippen LogP contribution in [0.5, 0.6) is 6.01 Å². The standard InChI is InChI=1S/C17H17FN4O4/c18-13-9-19-17(20-10-13)26-14-5-3-7-21(11-14)16(23)8-12-4-1-2-6-15(12)22(24)25/h1-2,4,6,9-10,14H,3,5,7-8,11H2. The van der Waals surface area contributed by atoms with Crippen LogP contribution in [0.25, 0.3) is 0 Å². The van der Waals surface area contributed by atoms with E-state index in [1.165, 1.54) is 6.07 Å². The van der Waals surface area contributed by atoms with Crippen LogP contribution in [0.3, 0.4) is 0 Å². The molecular formula is C17H17FN4O4. The fourth-order valence-electron chi connectivity index (χ4n) is 2.88. The zero-order valence-corrected chi connectivity index (χ0v) is 13.9. The van der Waals surface area contributed by atoms with Crippen LogP contribution < -0.4 is 4.74 Å². The van der Waals surface area contributed by atoms with Gasteiger partial charge in [-0.15, -0.1) is 0 Å². The lowest BCUT2D eigenvalue weighted by Gasteiger charge is -2.32. The Bertz CT molecular complexity index is 800. The quantitative estimate of drug-likeness (QED) is 0.598. The molecule has 0 radical (unpaired) electrons. The van der Waals surface area contributed by atoms with E-state index in [0.717, 1.165) is 25.2 Å². The second kappa shape index (κ2) is 7.85. The van der Waals surface area contributed by atoms with Gasteiger partial charge in [0.25, 0.3) is 5.69 Å². The number of para-hydroxylation sites is 1. The fourth-order valence-corrected chi connectivity index (χ4v) is 2.88. The normalized spacial score (nSPS) is 17.0. The third-order valence-electron chi connectivity index (χ3n) is 4.13. The third-order valence-corrected chi connectivity index (χ3v) is 4.13. The number of aromatic nitrogens is 2. The molecule has 1 aliphatic heterocycles. The summed E-state index contributed by atoms with van der Waals surface area (Å²) in [6.07, 6.45) is 3.14. The molecule has 26 heavy (non-hydrogen) atoms. The molecule has 8 nitrogen and oxygen atoms in total. The van der Waals surface area contributed by atoms with Crippen molar-refractivity contribution in [3.8, 4) is 6.01 Å². The van der Waals surface area contributed by atoms with Crippen molar-refractivity contribution in [3.63, 3.8) is 0 Å². The van der Waals surface area contributed by atoms with Crippen LogP contribution >= 0.6 is 0 Å². The zero-order chi connectivity index (χ0) is 18.5. The smallest absolute Gasteiger partial charge is 0.316 e. The highest BCUT2D eigenvalue weighted by Crippen LogP contribution is 2.21. The molecule has 2 heterocycles. The first-order valence-corrected chi connectivity index (χ1v) is 8.17. The van der Waals surface area contributed by atoms with Crippen molar-refractivity contribution in [2.24, 2.45) is 0 Å². The SMILES string of the molecule is O=C(Cc1ccccc1[N+](=O)[O-])N1CCCC(Oc2ncc(F)cn2)C1. The number of hydrogen-bond donors (Lipinski definition) is 0. The first kappa shape index (κ1) is 17.7. The second-order valence-electron chi connectivity index (χ2n) is 5.97. The van der Waals surface area contributed by atoms with Crippen LogP contribution in [0.15, 0.2) is 36.7 Å². The molecule has 0 saturated carbocycles. The van der Waals surface area contributed by atoms with Crippen LogP contribution in [0, 0.1) is 15.9 Å². The molecule has 2 aromatic rings. The van der Waals surface area contributed by atoms with E-state index in [0.29, 0.717) is 18.7 Å². The Morgan fingerprint density at radius 2 is 2.08 bits per heavy atom. The van der Waals surface area contributed by atoms with Gasteiger partial charge in [-0.1, -0.05) is 18.2 Å². The molecule has 0 N–H and O–H groups in total. The van der Waals surface area contributed by atoms with Crippen LogP contribution in [0.4, 0.5) is 10.1 Å². The van der Waals surface area contributed by atoms with Crippen molar-refractivity contribution >= 4 is 11.6 Å². The molecule has 1 aromatic heterocycles. The van der Waals surface area contributed by atoms with Gasteiger partial charge in [-0.2, -0.15) is 0 Å². The minimum Gasteiger partial charge on any atom is -0.458 e. The van der Waals surface area contributed by atoms with Crippen molar-refractivity contribution in [3.05, 3.63) is 58.2 Å². The number of hydrogen-bond acceptors (Lipinski definition) is 6. The number of nitro groups is 1. The summed E-state index contributed by atoms with van der Waals surface area (Å²) in [6.45, 7) is 0.893. The summed E-state index contributed by atoms with van der Waals surface area (Å²) in [7, 11) is 0. The maximum atomic E-state index is 12.8. The average molecular weight is 360 g/mol. The zero-order valence-electron chi connectivity index (χ0n) is 13.9. The van der Waals surface area contributed by atoms with E-state index in [9.17, 15) is 19.3 Å². The van der Waals surface area contributed by atoms with Crippen molar-refractivity contribution in [1.82, 2.24) is 14.9 Å². The van der Waals surface area contributed by atoms with Crippen LogP contribution in [0.2, 0.25) is 0 Å². The lowest BCUT2D eigenvalue weighted by atomic mass is 10.1. The van der Waals surface area contributed by atoms with Gasteiger partial charge >= 0.3 is 6.01 Å². The highest BCUT2D eigenvalue weighted by atomic mass is 19.1. The summed E-state index contributed by atoms with van der Waals surface area (Å²) in [4.78, 5) is 32.3. The molecule has 3 rings (SSSR count). The van der Waals surface area contributed by atoms with Gasteiger partial charge < -0.3 is 9.64 Å². The topological polar surface area (TPSA) is 98.5 Å². The van der Waals surface area contributed by atoms with Crippen molar-refractivity contribution < 1.29 is 18.8 Å². The molecule has 1 atom stereocenters. The van der Waals surface area contributed by atoms with E-state index in [1.807, 2.05) is 0 Å². The van der Waals surface area contributed by atoms with Crippen molar-refractivity contribution in [2.45, 2.75) is 25.4 Å². The fraction of sp³-hybridized carbons (Fsp3) is 0.353. The van der Waals surface area contributed by atoms with E-state index >= 15 is 0 Å². The maximum Gasteiger partial charge on any atom is 0.316 e. The molecular weight excluding hydrogens is 343 g/mol. The van der Waals surface area contributed by atoms with E-state index in [1.54, 1.807) is 23.1 Å². The van der Waals surface area contributed by atoms with Crippen molar-refractivity contribution in [1.29, 1.82) is 0 Å². The summed E-state index contributed by atoms with van der Waals surface area (Å²) < 4.78 is 18.5. The molecule has 1 unspecified atom stereocenters. The first-order chi connectivity index (χ1) is 12.5. The number of piperidine rings is 1. The highest BCUT2D eigenvalue weighted by molar-refractivity contribution is 5.80. The summed E-state index contributed by atoms with van der Waals surface area (Å²) in [5.74, 6) is -0.755. The van der Waals surface area contributed by atoms with Crippen LogP contribution in [0.1, 0.15) is 18.4 Å². The molecule has 9 heteroatoms. The molecule has 136 valence electrons. The molecule has 0 bridgehead atoms. The average Bonchev–Trinajstić information content (AvgIpc) is 2.64. The molecule has 0 spiro atoms. The Labute approximate surface area is 148 Å². The van der Waals surface area contributed by atoms with Gasteiger partial charge in [-0.25, -0.2) is 14.4 Å². The molecule has 1 aromatic carbocycles. The number of nitrogens with zero attached hydrogens (tertiary/aromatic N) is 4. The number of halogens is 1. The Balaban J connectivity index is 1.63. The number of rotatable bonds is 5. The Morgan fingerprint density at radius 3 is 2.81 bits per heavy atom. The van der Waals surface area contributed by atoms with Gasteiger partial charge in [0.05, 0.1) is 30.3 Å². The van der Waals surface area contributed by atoms with E-state index in [2.05, 4.69) is 9.97 Å². The highest BCUT2D eigenvalue weighted by Gasteiger charge is 2.27. The van der Waals surface area contributed by atoms with Gasteiger partial charge in [-0.05, 0) is 12.8 Å². The number of carbonyl (C=O) groups is 1. The summed E-state index contributed by atoms with van der Waals surface area (Å²) in [5.41, 5.74) is 0.317. The van der Waals surface area contributed by atoms with Crippen LogP contribution in [-0.2, 0) is 11.2 Å². The maximum absolute atomic E-state index is 12.8. The van der Waals surface area contributed by atoms with Crippen LogP contribution in [-0.4, -0.2) is 44.9 Å². The monoisotopic (exact) mass is 360 g/mol. The lowest BCUT2D eigenvalue weighted by molar-refractivity contribution is -0.385. The van der Waals surface area contributed by atoms with Gasteiger partial charge in [0, 0.05) is 18.2 Å². The first-order valence-electron chi connectivity index (χ1n) is 8.17. The number of amides is 1. The van der Waals surface area contributed by atoms with Gasteiger partial charge in [0.1, 0.15) is 6.10 Å². The van der Waals surface area contributed by atoms with E-state index in [-0.39, 0.29) is 30.1 Å². The van der Waals surface area contributed by atoms with Gasteiger partial charge in [0.2, 0.25) is 5.91 Å². The summed E-state index contributed by atoms with van der Waals surface area (Å²) in [6, 6.07) is 6.27. The Hall–Kier alpha value is -3.10. The number of carbonyl (C=O) groups excluding carboxylic acids is 1. The minimum atomic E-state index is -0.553. The molecule has 1 aliphatic rings. The molecule has 1 amide bonds. The third kappa shape index (κ3) is 4.29. The Morgan fingerprint density at radius 1 is 1.35 bits per heavy atom. The molecule has 1 fully saturated rings. The summed E-state index contributed by atoms with van der Waals surface area (Å²) in [5, 5.41) is 11.1. The lowest BCUT2D eigenvalue weighted by Crippen LogP contribution is -2.45. The number of likely N-dealkylation sites (tertiary alicyclic amines) is 1. The summed E-state index contributed by atoms with van der Waals surface area (Å²) >= 11 is 0. The number of ether oxygens (including phenoxy) is 1. The molecule has 0 aliphatic carbocycles. The van der Waals surface area contributed by atoms with E-state index in [4.69, 9.17) is 4.74 Å². The predicted molar refractivity (Wildman–Crippen MR) is 89.0 cm³/mol. The van der Waals surface area contributed by atoms with Gasteiger partial charge in [0.15, 0.2) is 5.82 Å². The number of benzene rings is 1. The van der Waals surface area contributed by atoms with Gasteiger partial charge in [-0.3, -0.25) is 14.9 Å². The number of nitro benzene ring substituents is 1. The van der Waals surface area contributed by atoms with Crippen molar-refractivity contribution in [2.75, 3.05) is 13.1 Å². The predicted octanol–water partition coefficient (Wildman–Crippen LogP) is 2.14. The largest absolute Gasteiger partial charge is 0.458 e.